The van der Waals surface area contributed by atoms with Gasteiger partial charge in [0.25, 0.3) is 11.6 Å². The maximum Gasteiger partial charge on any atom is 0.277 e. The number of phenolic OH excluding ortho intramolecular Hbond substituents is 1. The predicted molar refractivity (Wildman–Crippen MR) is 88.6 cm³/mol. The third kappa shape index (κ3) is 3.98. The van der Waals surface area contributed by atoms with E-state index >= 15 is 0 Å². The molecule has 0 saturated carbocycles. The summed E-state index contributed by atoms with van der Waals surface area (Å²) >= 11 is 0. The van der Waals surface area contributed by atoms with E-state index in [1.807, 2.05) is 0 Å². The van der Waals surface area contributed by atoms with Crippen LogP contribution in [0, 0.1) is 10.1 Å². The summed E-state index contributed by atoms with van der Waals surface area (Å²) in [6.07, 6.45) is 1.10. The summed E-state index contributed by atoms with van der Waals surface area (Å²) in [4.78, 5) is 21.8. The van der Waals surface area contributed by atoms with Crippen LogP contribution in [0.1, 0.15) is 5.56 Å². The van der Waals surface area contributed by atoms with E-state index in [-0.39, 0.29) is 30.4 Å². The zero-order valence-electron chi connectivity index (χ0n) is 13.2. The number of aromatic hydroxyl groups is 1. The molecule has 0 bridgehead atoms. The number of phenols is 1. The molecular formula is C16H13N3O7. The van der Waals surface area contributed by atoms with Crippen LogP contribution in [0.25, 0.3) is 0 Å². The van der Waals surface area contributed by atoms with E-state index in [1.165, 1.54) is 6.07 Å². The molecule has 2 aromatic rings. The number of benzene rings is 2. The van der Waals surface area contributed by atoms with E-state index in [2.05, 4.69) is 10.5 Å². The number of rotatable bonds is 6. The van der Waals surface area contributed by atoms with Crippen LogP contribution in [0.2, 0.25) is 0 Å². The number of nitro groups is 1. The van der Waals surface area contributed by atoms with Gasteiger partial charge in [-0.05, 0) is 18.2 Å². The Morgan fingerprint density at radius 1 is 1.31 bits per heavy atom. The Morgan fingerprint density at radius 2 is 2.12 bits per heavy atom. The van der Waals surface area contributed by atoms with Crippen LogP contribution >= 0.6 is 0 Å². The molecule has 0 aromatic heterocycles. The van der Waals surface area contributed by atoms with Crippen LogP contribution in [0.5, 0.6) is 23.0 Å². The standard InChI is InChI=1S/C16H13N3O7/c20-13-3-1-11(19(22)23)5-10(13)7-17-18-16(21)8-24-12-2-4-14-15(6-12)26-9-25-14/h1-7,20H,8-9H2,(H,18,21). The van der Waals surface area contributed by atoms with E-state index in [4.69, 9.17) is 14.2 Å². The first kappa shape index (κ1) is 17.0. The highest BCUT2D eigenvalue weighted by atomic mass is 16.7. The Morgan fingerprint density at radius 3 is 2.92 bits per heavy atom. The molecule has 0 radical (unpaired) electrons. The first-order chi connectivity index (χ1) is 12.5. The van der Waals surface area contributed by atoms with E-state index in [0.29, 0.717) is 17.2 Å². The monoisotopic (exact) mass is 359 g/mol. The van der Waals surface area contributed by atoms with Gasteiger partial charge in [-0.2, -0.15) is 5.10 Å². The van der Waals surface area contributed by atoms with Crippen molar-refractivity contribution in [2.24, 2.45) is 5.10 Å². The number of ether oxygens (including phenoxy) is 3. The Balaban J connectivity index is 1.53. The number of nitro benzene ring substituents is 1. The summed E-state index contributed by atoms with van der Waals surface area (Å²) in [7, 11) is 0. The maximum atomic E-state index is 11.7. The minimum atomic E-state index is -0.603. The summed E-state index contributed by atoms with van der Waals surface area (Å²) < 4.78 is 15.7. The number of hydrogen-bond donors (Lipinski definition) is 2. The first-order valence-electron chi connectivity index (χ1n) is 7.34. The van der Waals surface area contributed by atoms with Crippen LogP contribution in [0.15, 0.2) is 41.5 Å². The van der Waals surface area contributed by atoms with Gasteiger partial charge in [-0.25, -0.2) is 5.43 Å². The van der Waals surface area contributed by atoms with Crippen molar-refractivity contribution in [2.75, 3.05) is 13.4 Å². The van der Waals surface area contributed by atoms with Gasteiger partial charge in [-0.1, -0.05) is 0 Å². The molecule has 0 unspecified atom stereocenters. The van der Waals surface area contributed by atoms with Crippen LogP contribution < -0.4 is 19.6 Å². The average Bonchev–Trinajstić information content (AvgIpc) is 3.09. The predicted octanol–water partition coefficient (Wildman–Crippen LogP) is 1.56. The second-order valence-electron chi connectivity index (χ2n) is 5.10. The largest absolute Gasteiger partial charge is 0.507 e. The molecule has 1 aliphatic rings. The highest BCUT2D eigenvalue weighted by Gasteiger charge is 2.14. The summed E-state index contributed by atoms with van der Waals surface area (Å²) in [6.45, 7) is -0.170. The quantitative estimate of drug-likeness (QED) is 0.454. The van der Waals surface area contributed by atoms with E-state index in [9.17, 15) is 20.0 Å². The molecule has 2 aromatic carbocycles. The number of nitrogens with one attached hydrogen (secondary N) is 1. The lowest BCUT2D eigenvalue weighted by atomic mass is 10.2. The maximum absolute atomic E-state index is 11.7. The van der Waals surface area contributed by atoms with Gasteiger partial charge in [0.05, 0.1) is 11.1 Å². The van der Waals surface area contributed by atoms with Crippen LogP contribution in [0.3, 0.4) is 0 Å². The number of hydrazone groups is 1. The summed E-state index contributed by atoms with van der Waals surface area (Å²) in [5.74, 6) is 0.795. The smallest absolute Gasteiger partial charge is 0.277 e. The number of hydrogen-bond acceptors (Lipinski definition) is 8. The normalized spacial score (nSPS) is 12.2. The van der Waals surface area contributed by atoms with Gasteiger partial charge in [-0.15, -0.1) is 0 Å². The first-order valence-corrected chi connectivity index (χ1v) is 7.34. The van der Waals surface area contributed by atoms with Gasteiger partial charge in [0, 0.05) is 23.8 Å². The van der Waals surface area contributed by atoms with Crippen molar-refractivity contribution in [2.45, 2.75) is 0 Å². The second kappa shape index (κ2) is 7.38. The third-order valence-corrected chi connectivity index (χ3v) is 3.33. The van der Waals surface area contributed by atoms with Crippen molar-refractivity contribution in [1.29, 1.82) is 0 Å². The highest BCUT2D eigenvalue weighted by molar-refractivity contribution is 5.86. The number of carbonyl (C=O) groups excluding carboxylic acids is 1. The number of fused-ring (bicyclic) bond motifs is 1. The Kier molecular flexibility index (Phi) is 4.83. The number of nitrogens with zero attached hydrogens (tertiary/aromatic N) is 2. The summed E-state index contributed by atoms with van der Waals surface area (Å²) in [5.41, 5.74) is 2.09. The van der Waals surface area contributed by atoms with Gasteiger partial charge in [-0.3, -0.25) is 14.9 Å². The van der Waals surface area contributed by atoms with E-state index in [0.717, 1.165) is 18.3 Å². The fourth-order valence-electron chi connectivity index (χ4n) is 2.08. The van der Waals surface area contributed by atoms with Crippen molar-refractivity contribution in [3.05, 3.63) is 52.1 Å². The average molecular weight is 359 g/mol. The molecule has 0 fully saturated rings. The molecule has 0 atom stereocenters. The van der Waals surface area contributed by atoms with Gasteiger partial charge < -0.3 is 19.3 Å². The van der Waals surface area contributed by atoms with Crippen molar-refractivity contribution < 1.29 is 29.0 Å². The third-order valence-electron chi connectivity index (χ3n) is 3.33. The molecule has 1 heterocycles. The summed E-state index contributed by atoms with van der Waals surface area (Å²) in [5, 5.41) is 24.0. The lowest BCUT2D eigenvalue weighted by Crippen LogP contribution is -2.24. The molecule has 10 heteroatoms. The second-order valence-corrected chi connectivity index (χ2v) is 5.10. The molecule has 1 aliphatic heterocycles. The van der Waals surface area contributed by atoms with Crippen LogP contribution in [-0.4, -0.2) is 35.6 Å². The molecule has 0 aliphatic carbocycles. The number of amides is 1. The van der Waals surface area contributed by atoms with E-state index in [1.54, 1.807) is 18.2 Å². The summed E-state index contributed by atoms with van der Waals surface area (Å²) in [6, 6.07) is 8.35. The van der Waals surface area contributed by atoms with E-state index < -0.39 is 10.8 Å². The van der Waals surface area contributed by atoms with Gasteiger partial charge in [0.15, 0.2) is 18.1 Å². The lowest BCUT2D eigenvalue weighted by Gasteiger charge is -2.05. The Labute approximate surface area is 146 Å². The molecule has 134 valence electrons. The minimum absolute atomic E-state index is 0.0937. The Bertz CT molecular complexity index is 882. The van der Waals surface area contributed by atoms with Gasteiger partial charge in [0.2, 0.25) is 6.79 Å². The van der Waals surface area contributed by atoms with Crippen molar-refractivity contribution >= 4 is 17.8 Å². The molecule has 0 saturated heterocycles. The minimum Gasteiger partial charge on any atom is -0.507 e. The molecular weight excluding hydrogens is 346 g/mol. The molecule has 2 N–H and O–H groups in total. The fraction of sp³-hybridized carbons (Fsp3) is 0.125. The topological polar surface area (TPSA) is 133 Å². The van der Waals surface area contributed by atoms with Gasteiger partial charge >= 0.3 is 0 Å². The van der Waals surface area contributed by atoms with Gasteiger partial charge in [0.1, 0.15) is 11.5 Å². The zero-order chi connectivity index (χ0) is 18.5. The molecule has 26 heavy (non-hydrogen) atoms. The highest BCUT2D eigenvalue weighted by Crippen LogP contribution is 2.35. The molecule has 3 rings (SSSR count). The molecule has 1 amide bonds. The Hall–Kier alpha value is -3.82. The van der Waals surface area contributed by atoms with Crippen LogP contribution in [-0.2, 0) is 4.79 Å². The zero-order valence-corrected chi connectivity index (χ0v) is 13.2. The molecule has 10 nitrogen and oxygen atoms in total. The van der Waals surface area contributed by atoms with Crippen LogP contribution in [0.4, 0.5) is 5.69 Å². The van der Waals surface area contributed by atoms with Crippen molar-refractivity contribution in [1.82, 2.24) is 5.43 Å². The number of non-ortho nitro benzene ring substituents is 1. The van der Waals surface area contributed by atoms with Crippen molar-refractivity contribution in [3.63, 3.8) is 0 Å². The van der Waals surface area contributed by atoms with Crippen molar-refractivity contribution in [3.8, 4) is 23.0 Å². The fourth-order valence-corrected chi connectivity index (χ4v) is 2.08. The number of carbonyl (C=O) groups is 1. The molecule has 0 spiro atoms. The SMILES string of the molecule is O=C(COc1ccc2c(c1)OCO2)NN=Cc1cc([N+](=O)[O-])ccc1O. The lowest BCUT2D eigenvalue weighted by molar-refractivity contribution is -0.384.